The van der Waals surface area contributed by atoms with Gasteiger partial charge >= 0.3 is 0 Å². The number of thiophene rings is 1. The van der Waals surface area contributed by atoms with Crippen LogP contribution in [-0.2, 0) is 0 Å². The Hall–Kier alpha value is -2.01. The number of hydrogen-bond acceptors (Lipinski definition) is 4. The monoisotopic (exact) mass is 289 g/mol. The smallest absolute Gasteiger partial charge is 0.254 e. The number of carbonyl (C=O) groups is 1. The molecule has 2 heterocycles. The van der Waals surface area contributed by atoms with Crippen LogP contribution in [0.1, 0.15) is 10.4 Å². The summed E-state index contributed by atoms with van der Waals surface area (Å²) in [6.07, 6.45) is -0.141. The number of para-hydroxylation sites is 2. The number of rotatable bonds is 3. The molecule has 20 heavy (non-hydrogen) atoms. The normalized spacial score (nSPS) is 16.8. The number of ether oxygens (including phenoxy) is 2. The highest BCUT2D eigenvalue weighted by Crippen LogP contribution is 2.31. The molecule has 1 aromatic carbocycles. The zero-order chi connectivity index (χ0) is 13.9. The van der Waals surface area contributed by atoms with Crippen molar-refractivity contribution in [1.82, 2.24) is 4.90 Å². The summed E-state index contributed by atoms with van der Waals surface area (Å²) in [7, 11) is 1.78. The van der Waals surface area contributed by atoms with Crippen molar-refractivity contribution in [2.75, 3.05) is 20.2 Å². The van der Waals surface area contributed by atoms with Crippen molar-refractivity contribution >= 4 is 17.2 Å². The molecular formula is C15H15NO3S. The second-order valence-corrected chi connectivity index (χ2v) is 5.48. The number of nitrogens with zero attached hydrogens (tertiary/aromatic N) is 1. The van der Waals surface area contributed by atoms with E-state index < -0.39 is 0 Å². The molecule has 0 radical (unpaired) electrons. The summed E-state index contributed by atoms with van der Waals surface area (Å²) in [6, 6.07) is 9.41. The van der Waals surface area contributed by atoms with Gasteiger partial charge in [0.15, 0.2) is 17.6 Å². The molecule has 0 aliphatic carbocycles. The molecule has 0 N–H and O–H groups in total. The maximum atomic E-state index is 12.2. The molecule has 1 aliphatic heterocycles. The van der Waals surface area contributed by atoms with Gasteiger partial charge in [0.2, 0.25) is 0 Å². The summed E-state index contributed by atoms with van der Waals surface area (Å²) in [5.74, 6) is 1.50. The average molecular weight is 289 g/mol. The Balaban J connectivity index is 1.63. The highest BCUT2D eigenvalue weighted by Gasteiger charge is 2.24. The molecule has 3 rings (SSSR count). The first kappa shape index (κ1) is 13.0. The second-order valence-electron chi connectivity index (χ2n) is 4.70. The Bertz CT molecular complexity index is 597. The van der Waals surface area contributed by atoms with E-state index in [1.807, 2.05) is 41.1 Å². The number of benzene rings is 1. The maximum absolute atomic E-state index is 12.2. The summed E-state index contributed by atoms with van der Waals surface area (Å²) < 4.78 is 11.5. The lowest BCUT2D eigenvalue weighted by molar-refractivity contribution is 0.0521. The molecule has 1 atom stereocenters. The minimum atomic E-state index is -0.141. The quantitative estimate of drug-likeness (QED) is 0.872. The Morgan fingerprint density at radius 1 is 1.35 bits per heavy atom. The number of hydrogen-bond donors (Lipinski definition) is 0. The highest BCUT2D eigenvalue weighted by atomic mass is 32.1. The van der Waals surface area contributed by atoms with Gasteiger partial charge in [0.05, 0.1) is 12.1 Å². The topological polar surface area (TPSA) is 38.8 Å². The Morgan fingerprint density at radius 3 is 2.90 bits per heavy atom. The van der Waals surface area contributed by atoms with Crippen molar-refractivity contribution in [1.29, 1.82) is 0 Å². The van der Waals surface area contributed by atoms with Crippen molar-refractivity contribution in [3.8, 4) is 11.5 Å². The van der Waals surface area contributed by atoms with E-state index in [9.17, 15) is 4.79 Å². The molecule has 1 amide bonds. The molecule has 2 aromatic rings. The van der Waals surface area contributed by atoms with Crippen LogP contribution in [0.4, 0.5) is 0 Å². The van der Waals surface area contributed by atoms with Crippen molar-refractivity contribution in [2.45, 2.75) is 6.10 Å². The zero-order valence-corrected chi connectivity index (χ0v) is 11.9. The number of fused-ring (bicyclic) bond motifs is 1. The predicted molar refractivity (Wildman–Crippen MR) is 77.6 cm³/mol. The molecule has 0 spiro atoms. The van der Waals surface area contributed by atoms with Crippen LogP contribution in [-0.4, -0.2) is 37.1 Å². The van der Waals surface area contributed by atoms with E-state index in [2.05, 4.69) is 0 Å². The standard InChI is InChI=1S/C15H15NO3S/c1-16(15(17)11-6-7-20-10-11)8-12-9-18-13-4-2-3-5-14(13)19-12/h2-7,10,12H,8-9H2,1H3. The van der Waals surface area contributed by atoms with Gasteiger partial charge in [0.1, 0.15) is 6.61 Å². The Morgan fingerprint density at radius 2 is 2.15 bits per heavy atom. The molecule has 1 aliphatic rings. The van der Waals surface area contributed by atoms with Crippen LogP contribution in [0.2, 0.25) is 0 Å². The van der Waals surface area contributed by atoms with Gasteiger partial charge in [0.25, 0.3) is 5.91 Å². The molecular weight excluding hydrogens is 274 g/mol. The van der Waals surface area contributed by atoms with Crippen molar-refractivity contribution in [3.05, 3.63) is 46.7 Å². The fraction of sp³-hybridized carbons (Fsp3) is 0.267. The lowest BCUT2D eigenvalue weighted by Gasteiger charge is -2.29. The maximum Gasteiger partial charge on any atom is 0.254 e. The van der Waals surface area contributed by atoms with E-state index in [4.69, 9.17) is 9.47 Å². The van der Waals surface area contributed by atoms with Gasteiger partial charge in [-0.3, -0.25) is 4.79 Å². The summed E-state index contributed by atoms with van der Waals surface area (Å²) in [6.45, 7) is 0.960. The first-order chi connectivity index (χ1) is 9.74. The molecule has 0 saturated carbocycles. The summed E-state index contributed by atoms with van der Waals surface area (Å²) in [4.78, 5) is 13.8. The number of carbonyl (C=O) groups excluding carboxylic acids is 1. The van der Waals surface area contributed by atoms with Crippen molar-refractivity contribution in [3.63, 3.8) is 0 Å². The number of amides is 1. The predicted octanol–water partition coefficient (Wildman–Crippen LogP) is 2.66. The van der Waals surface area contributed by atoms with Gasteiger partial charge < -0.3 is 14.4 Å². The fourth-order valence-corrected chi connectivity index (χ4v) is 2.78. The van der Waals surface area contributed by atoms with Crippen LogP contribution in [0.3, 0.4) is 0 Å². The van der Waals surface area contributed by atoms with E-state index >= 15 is 0 Å². The SMILES string of the molecule is CN(CC1COc2ccccc2O1)C(=O)c1ccsc1. The minimum absolute atomic E-state index is 0.00806. The largest absolute Gasteiger partial charge is 0.486 e. The van der Waals surface area contributed by atoms with Crippen LogP contribution in [0, 0.1) is 0 Å². The molecule has 4 nitrogen and oxygen atoms in total. The van der Waals surface area contributed by atoms with Gasteiger partial charge in [-0.15, -0.1) is 0 Å². The lowest BCUT2D eigenvalue weighted by atomic mass is 10.2. The summed E-state index contributed by atoms with van der Waals surface area (Å²) >= 11 is 1.52. The molecule has 1 aromatic heterocycles. The van der Waals surface area contributed by atoms with E-state index in [0.29, 0.717) is 13.2 Å². The van der Waals surface area contributed by atoms with Crippen LogP contribution in [0.15, 0.2) is 41.1 Å². The van der Waals surface area contributed by atoms with Gasteiger partial charge in [0, 0.05) is 12.4 Å². The summed E-state index contributed by atoms with van der Waals surface area (Å²) in [5.41, 5.74) is 0.717. The first-order valence-corrected chi connectivity index (χ1v) is 7.34. The van der Waals surface area contributed by atoms with Gasteiger partial charge in [-0.2, -0.15) is 11.3 Å². The van der Waals surface area contributed by atoms with Gasteiger partial charge in [-0.25, -0.2) is 0 Å². The van der Waals surface area contributed by atoms with E-state index in [-0.39, 0.29) is 12.0 Å². The van der Waals surface area contributed by atoms with Crippen LogP contribution >= 0.6 is 11.3 Å². The Kier molecular flexibility index (Phi) is 3.60. The molecule has 0 fully saturated rings. The molecule has 5 heteroatoms. The zero-order valence-electron chi connectivity index (χ0n) is 11.1. The minimum Gasteiger partial charge on any atom is -0.486 e. The van der Waals surface area contributed by atoms with Crippen molar-refractivity contribution in [2.24, 2.45) is 0 Å². The first-order valence-electron chi connectivity index (χ1n) is 6.40. The van der Waals surface area contributed by atoms with Crippen LogP contribution < -0.4 is 9.47 Å². The average Bonchev–Trinajstić information content (AvgIpc) is 3.00. The van der Waals surface area contributed by atoms with Gasteiger partial charge in [-0.05, 0) is 23.6 Å². The molecule has 1 unspecified atom stereocenters. The second kappa shape index (κ2) is 5.54. The van der Waals surface area contributed by atoms with E-state index in [1.54, 1.807) is 11.9 Å². The van der Waals surface area contributed by atoms with E-state index in [1.165, 1.54) is 11.3 Å². The summed E-state index contributed by atoms with van der Waals surface area (Å²) in [5, 5.41) is 3.75. The van der Waals surface area contributed by atoms with Crippen LogP contribution in [0.5, 0.6) is 11.5 Å². The molecule has 0 bridgehead atoms. The van der Waals surface area contributed by atoms with E-state index in [0.717, 1.165) is 17.1 Å². The Labute approximate surface area is 121 Å². The molecule has 0 saturated heterocycles. The fourth-order valence-electron chi connectivity index (χ4n) is 2.15. The number of likely N-dealkylation sites (N-methyl/N-ethyl adjacent to an activating group) is 1. The third-order valence-electron chi connectivity index (χ3n) is 3.16. The third kappa shape index (κ3) is 2.63. The van der Waals surface area contributed by atoms with Gasteiger partial charge in [-0.1, -0.05) is 12.1 Å². The highest BCUT2D eigenvalue weighted by molar-refractivity contribution is 7.08. The third-order valence-corrected chi connectivity index (χ3v) is 3.84. The molecule has 104 valence electrons. The van der Waals surface area contributed by atoms with Crippen LogP contribution in [0.25, 0.3) is 0 Å². The van der Waals surface area contributed by atoms with Crippen molar-refractivity contribution < 1.29 is 14.3 Å². The lowest BCUT2D eigenvalue weighted by Crippen LogP contribution is -2.41.